The minimum atomic E-state index is -0.885. The standard InChI is InChI=1S/C20H28N2O4/c1-19(2,3)26-18(24)21-13-15-11-16(21)20(4,17(23)25-5)22(15)12-14-9-7-6-8-10-14/h6-10,15-16H,11-13H2,1-5H3. The van der Waals surface area contributed by atoms with Crippen LogP contribution >= 0.6 is 0 Å². The molecule has 0 radical (unpaired) electrons. The van der Waals surface area contributed by atoms with Crippen LogP contribution in [0.2, 0.25) is 0 Å². The summed E-state index contributed by atoms with van der Waals surface area (Å²) in [6.45, 7) is 8.64. The molecule has 2 bridgehead atoms. The Morgan fingerprint density at radius 3 is 2.46 bits per heavy atom. The molecule has 3 rings (SSSR count). The summed E-state index contributed by atoms with van der Waals surface area (Å²) in [6.07, 6.45) is 0.386. The Kier molecular flexibility index (Phi) is 4.73. The van der Waals surface area contributed by atoms with E-state index in [1.807, 2.05) is 45.9 Å². The van der Waals surface area contributed by atoms with Gasteiger partial charge < -0.3 is 14.4 Å². The number of methoxy groups -OCH3 is 1. The lowest BCUT2D eigenvalue weighted by Gasteiger charge is -2.46. The Labute approximate surface area is 155 Å². The molecule has 0 aromatic heterocycles. The highest BCUT2D eigenvalue weighted by atomic mass is 16.6. The lowest BCUT2D eigenvalue weighted by molar-refractivity contribution is -0.159. The zero-order chi connectivity index (χ0) is 19.1. The molecule has 6 nitrogen and oxygen atoms in total. The van der Waals surface area contributed by atoms with Crippen LogP contribution in [0.15, 0.2) is 30.3 Å². The fourth-order valence-electron chi connectivity index (χ4n) is 4.20. The number of rotatable bonds is 3. The molecule has 2 fully saturated rings. The van der Waals surface area contributed by atoms with Gasteiger partial charge in [-0.25, -0.2) is 9.59 Å². The molecule has 1 amide bonds. The molecule has 6 heteroatoms. The number of esters is 1. The molecule has 0 spiro atoms. The minimum Gasteiger partial charge on any atom is -0.468 e. The van der Waals surface area contributed by atoms with Crippen LogP contribution in [0.25, 0.3) is 0 Å². The second-order valence-corrected chi connectivity index (χ2v) is 8.29. The van der Waals surface area contributed by atoms with Crippen LogP contribution in [0.3, 0.4) is 0 Å². The van der Waals surface area contributed by atoms with Crippen molar-refractivity contribution in [3.05, 3.63) is 35.9 Å². The average molecular weight is 360 g/mol. The molecule has 3 atom stereocenters. The summed E-state index contributed by atoms with van der Waals surface area (Å²) in [5, 5.41) is 0. The van der Waals surface area contributed by atoms with Gasteiger partial charge in [-0.3, -0.25) is 4.90 Å². The number of amides is 1. The summed E-state index contributed by atoms with van der Waals surface area (Å²) < 4.78 is 10.7. The number of carbonyl (C=O) groups excluding carboxylic acids is 2. The van der Waals surface area contributed by atoms with Crippen molar-refractivity contribution >= 4 is 12.1 Å². The number of ether oxygens (including phenoxy) is 2. The summed E-state index contributed by atoms with van der Waals surface area (Å²) >= 11 is 0. The number of piperazine rings is 1. The fourth-order valence-corrected chi connectivity index (χ4v) is 4.20. The van der Waals surface area contributed by atoms with Gasteiger partial charge in [-0.05, 0) is 39.7 Å². The van der Waals surface area contributed by atoms with Gasteiger partial charge in [-0.15, -0.1) is 0 Å². The normalized spacial score (nSPS) is 28.3. The van der Waals surface area contributed by atoms with Gasteiger partial charge >= 0.3 is 12.1 Å². The molecule has 0 N–H and O–H groups in total. The van der Waals surface area contributed by atoms with Crippen molar-refractivity contribution in [2.75, 3.05) is 13.7 Å². The highest BCUT2D eigenvalue weighted by molar-refractivity contribution is 5.84. The van der Waals surface area contributed by atoms with Crippen molar-refractivity contribution in [3.63, 3.8) is 0 Å². The molecular weight excluding hydrogens is 332 g/mol. The summed E-state index contributed by atoms with van der Waals surface area (Å²) in [6, 6.07) is 9.92. The van der Waals surface area contributed by atoms with Crippen molar-refractivity contribution in [1.82, 2.24) is 9.80 Å². The van der Waals surface area contributed by atoms with Crippen molar-refractivity contribution in [1.29, 1.82) is 0 Å². The Hall–Kier alpha value is -2.08. The smallest absolute Gasteiger partial charge is 0.410 e. The molecule has 2 aliphatic heterocycles. The molecule has 1 aromatic carbocycles. The highest BCUT2D eigenvalue weighted by Gasteiger charge is 2.63. The van der Waals surface area contributed by atoms with Crippen molar-refractivity contribution in [2.24, 2.45) is 0 Å². The molecule has 0 aliphatic carbocycles. The van der Waals surface area contributed by atoms with Gasteiger partial charge in [-0.2, -0.15) is 0 Å². The van der Waals surface area contributed by atoms with E-state index in [4.69, 9.17) is 9.47 Å². The molecule has 142 valence electrons. The van der Waals surface area contributed by atoms with Crippen molar-refractivity contribution in [2.45, 2.75) is 63.9 Å². The van der Waals surface area contributed by atoms with E-state index in [1.165, 1.54) is 7.11 Å². The molecule has 2 saturated heterocycles. The largest absolute Gasteiger partial charge is 0.468 e. The van der Waals surface area contributed by atoms with Crippen LogP contribution in [-0.4, -0.2) is 58.7 Å². The molecule has 1 aromatic rings. The second-order valence-electron chi connectivity index (χ2n) is 8.29. The van der Waals surface area contributed by atoms with E-state index < -0.39 is 11.1 Å². The van der Waals surface area contributed by atoms with Crippen LogP contribution in [0, 0.1) is 0 Å². The predicted molar refractivity (Wildman–Crippen MR) is 97.5 cm³/mol. The van der Waals surface area contributed by atoms with Gasteiger partial charge in [0.1, 0.15) is 11.1 Å². The van der Waals surface area contributed by atoms with Gasteiger partial charge in [0.25, 0.3) is 0 Å². The number of hydrogen-bond donors (Lipinski definition) is 0. The molecule has 2 aliphatic rings. The number of nitrogens with zero attached hydrogens (tertiary/aromatic N) is 2. The Balaban J connectivity index is 1.87. The fraction of sp³-hybridized carbons (Fsp3) is 0.600. The Bertz CT molecular complexity index is 685. The summed E-state index contributed by atoms with van der Waals surface area (Å²) in [4.78, 5) is 29.3. The third-order valence-corrected chi connectivity index (χ3v) is 5.39. The Morgan fingerprint density at radius 2 is 1.88 bits per heavy atom. The maximum Gasteiger partial charge on any atom is 0.410 e. The van der Waals surface area contributed by atoms with Gasteiger partial charge in [0, 0.05) is 19.1 Å². The van der Waals surface area contributed by atoms with Gasteiger partial charge in [0.15, 0.2) is 0 Å². The van der Waals surface area contributed by atoms with Crippen LogP contribution in [-0.2, 0) is 20.8 Å². The van der Waals surface area contributed by atoms with Gasteiger partial charge in [0.2, 0.25) is 0 Å². The van der Waals surface area contributed by atoms with E-state index in [0.717, 1.165) is 12.0 Å². The maximum absolute atomic E-state index is 12.7. The number of likely N-dealkylation sites (tertiary alicyclic amines) is 2. The first-order valence-corrected chi connectivity index (χ1v) is 9.05. The minimum absolute atomic E-state index is 0.108. The first-order chi connectivity index (χ1) is 12.2. The predicted octanol–water partition coefficient (Wildman–Crippen LogP) is 2.81. The van der Waals surface area contributed by atoms with Crippen LogP contribution in [0.5, 0.6) is 0 Å². The topological polar surface area (TPSA) is 59.1 Å². The summed E-state index contributed by atoms with van der Waals surface area (Å²) in [5.41, 5.74) is -0.312. The maximum atomic E-state index is 12.7. The third-order valence-electron chi connectivity index (χ3n) is 5.39. The highest BCUT2D eigenvalue weighted by Crippen LogP contribution is 2.45. The van der Waals surface area contributed by atoms with Crippen LogP contribution in [0.1, 0.15) is 39.7 Å². The SMILES string of the molecule is COC(=O)C1(C)C2CC(CN2C(=O)OC(C)(C)C)N1Cc1ccccc1. The lowest BCUT2D eigenvalue weighted by Crippen LogP contribution is -2.66. The van der Waals surface area contributed by atoms with E-state index in [-0.39, 0.29) is 24.1 Å². The van der Waals surface area contributed by atoms with Gasteiger partial charge in [-0.1, -0.05) is 30.3 Å². The first kappa shape index (κ1) is 18.7. The zero-order valence-corrected chi connectivity index (χ0v) is 16.2. The average Bonchev–Trinajstić information content (AvgIpc) is 3.13. The number of benzene rings is 1. The van der Waals surface area contributed by atoms with E-state index in [2.05, 4.69) is 17.0 Å². The third kappa shape index (κ3) is 3.18. The number of fused-ring (bicyclic) bond motifs is 2. The first-order valence-electron chi connectivity index (χ1n) is 9.05. The van der Waals surface area contributed by atoms with Crippen LogP contribution in [0.4, 0.5) is 4.79 Å². The van der Waals surface area contributed by atoms with Crippen LogP contribution < -0.4 is 0 Å². The molecule has 26 heavy (non-hydrogen) atoms. The zero-order valence-electron chi connectivity index (χ0n) is 16.2. The monoisotopic (exact) mass is 360 g/mol. The molecule has 3 unspecified atom stereocenters. The Morgan fingerprint density at radius 1 is 1.23 bits per heavy atom. The molecule has 0 saturated carbocycles. The second kappa shape index (κ2) is 6.58. The molecular formula is C20H28N2O4. The quantitative estimate of drug-likeness (QED) is 0.776. The van der Waals surface area contributed by atoms with Crippen molar-refractivity contribution in [3.8, 4) is 0 Å². The van der Waals surface area contributed by atoms with E-state index >= 15 is 0 Å². The van der Waals surface area contributed by atoms with E-state index in [0.29, 0.717) is 13.1 Å². The van der Waals surface area contributed by atoms with E-state index in [9.17, 15) is 9.59 Å². The van der Waals surface area contributed by atoms with Crippen molar-refractivity contribution < 1.29 is 19.1 Å². The van der Waals surface area contributed by atoms with E-state index in [1.54, 1.807) is 4.90 Å². The molecule has 2 heterocycles. The van der Waals surface area contributed by atoms with Gasteiger partial charge in [0.05, 0.1) is 13.2 Å². The number of hydrogen-bond acceptors (Lipinski definition) is 5. The summed E-state index contributed by atoms with van der Waals surface area (Å²) in [7, 11) is 1.40. The lowest BCUT2D eigenvalue weighted by atomic mass is 9.91. The number of carbonyl (C=O) groups is 2. The summed E-state index contributed by atoms with van der Waals surface area (Å²) in [5.74, 6) is -0.311.